The minimum Gasteiger partial charge on any atom is -0.392 e. The van der Waals surface area contributed by atoms with Gasteiger partial charge in [0.2, 0.25) is 0 Å². The maximum atomic E-state index is 8.70. The van der Waals surface area contributed by atoms with Crippen LogP contribution in [-0.4, -0.2) is 15.1 Å². The predicted octanol–water partition coefficient (Wildman–Crippen LogP) is 3.55. The van der Waals surface area contributed by atoms with Gasteiger partial charge < -0.3 is 5.11 Å². The Balaban J connectivity index is 0.000000316. The van der Waals surface area contributed by atoms with Gasteiger partial charge in [-0.15, -0.1) is 0 Å². The number of nitrogens with zero attached hydrogens (tertiary/aromatic N) is 2. The molecule has 0 amide bonds. The molecule has 0 bridgehead atoms. The Morgan fingerprint density at radius 1 is 0.947 bits per heavy atom. The van der Waals surface area contributed by atoms with Gasteiger partial charge in [0, 0.05) is 12.4 Å². The first-order chi connectivity index (χ1) is 9.26. The van der Waals surface area contributed by atoms with E-state index in [0.717, 1.165) is 17.8 Å². The summed E-state index contributed by atoms with van der Waals surface area (Å²) in [6.45, 7) is 8.12. The Morgan fingerprint density at radius 3 is 1.74 bits per heavy atom. The minimum absolute atomic E-state index is 0.143. The van der Waals surface area contributed by atoms with Gasteiger partial charge in [-0.25, -0.2) is 9.97 Å². The fourth-order valence-corrected chi connectivity index (χ4v) is 1.25. The fourth-order valence-electron chi connectivity index (χ4n) is 1.25. The molecule has 0 aliphatic heterocycles. The molecule has 0 saturated heterocycles. The lowest BCUT2D eigenvalue weighted by Crippen LogP contribution is -1.83. The van der Waals surface area contributed by atoms with Crippen molar-refractivity contribution in [1.82, 2.24) is 9.97 Å². The summed E-state index contributed by atoms with van der Waals surface area (Å²) in [6.07, 6.45) is 4.51. The number of hydrogen-bond acceptors (Lipinski definition) is 3. The summed E-state index contributed by atoms with van der Waals surface area (Å²) in [6, 6.07) is 9.81. The molecule has 0 unspecified atom stereocenters. The fraction of sp³-hybridized carbons (Fsp3) is 0.375. The molecule has 1 aromatic heterocycles. The SMILES string of the molecule is CC.CCc1ccc(CO)cc1.Cc1ncccn1. The molecule has 19 heavy (non-hydrogen) atoms. The van der Waals surface area contributed by atoms with E-state index in [1.807, 2.05) is 45.0 Å². The number of hydrogen-bond donors (Lipinski definition) is 1. The number of aromatic nitrogens is 2. The predicted molar refractivity (Wildman–Crippen MR) is 79.9 cm³/mol. The highest BCUT2D eigenvalue weighted by Crippen LogP contribution is 2.03. The zero-order valence-electron chi connectivity index (χ0n) is 12.3. The van der Waals surface area contributed by atoms with E-state index < -0.39 is 0 Å². The molecule has 104 valence electrons. The maximum Gasteiger partial charge on any atom is 0.125 e. The zero-order valence-corrected chi connectivity index (χ0v) is 12.3. The first kappa shape index (κ1) is 17.3. The van der Waals surface area contributed by atoms with Gasteiger partial charge in [0.25, 0.3) is 0 Å². The third kappa shape index (κ3) is 8.06. The lowest BCUT2D eigenvalue weighted by atomic mass is 10.1. The molecule has 1 heterocycles. The van der Waals surface area contributed by atoms with Gasteiger partial charge in [0.1, 0.15) is 5.82 Å². The van der Waals surface area contributed by atoms with Crippen molar-refractivity contribution >= 4 is 0 Å². The van der Waals surface area contributed by atoms with Crippen LogP contribution in [0, 0.1) is 6.92 Å². The van der Waals surface area contributed by atoms with Gasteiger partial charge in [-0.1, -0.05) is 45.0 Å². The highest BCUT2D eigenvalue weighted by atomic mass is 16.3. The van der Waals surface area contributed by atoms with E-state index in [0.29, 0.717) is 0 Å². The van der Waals surface area contributed by atoms with Crippen LogP contribution in [0.4, 0.5) is 0 Å². The van der Waals surface area contributed by atoms with Crippen molar-refractivity contribution in [2.45, 2.75) is 40.7 Å². The van der Waals surface area contributed by atoms with Crippen LogP contribution in [0.5, 0.6) is 0 Å². The van der Waals surface area contributed by atoms with Crippen LogP contribution in [0.15, 0.2) is 42.7 Å². The van der Waals surface area contributed by atoms with Gasteiger partial charge in [0.15, 0.2) is 0 Å². The van der Waals surface area contributed by atoms with Gasteiger partial charge in [-0.2, -0.15) is 0 Å². The van der Waals surface area contributed by atoms with Crippen molar-refractivity contribution < 1.29 is 5.11 Å². The monoisotopic (exact) mass is 260 g/mol. The topological polar surface area (TPSA) is 46.0 Å². The van der Waals surface area contributed by atoms with Crippen molar-refractivity contribution in [3.8, 4) is 0 Å². The van der Waals surface area contributed by atoms with Crippen LogP contribution in [-0.2, 0) is 13.0 Å². The van der Waals surface area contributed by atoms with Crippen molar-refractivity contribution in [1.29, 1.82) is 0 Å². The number of aliphatic hydroxyl groups is 1. The Labute approximate surface area is 116 Å². The number of aryl methyl sites for hydroxylation is 2. The van der Waals surface area contributed by atoms with E-state index in [1.165, 1.54) is 5.56 Å². The van der Waals surface area contributed by atoms with Crippen molar-refractivity contribution in [3.05, 3.63) is 59.7 Å². The molecule has 0 spiro atoms. The van der Waals surface area contributed by atoms with E-state index in [9.17, 15) is 0 Å². The molecule has 0 radical (unpaired) electrons. The first-order valence-corrected chi connectivity index (χ1v) is 6.68. The van der Waals surface area contributed by atoms with Crippen LogP contribution >= 0.6 is 0 Å². The molecule has 1 N–H and O–H groups in total. The summed E-state index contributed by atoms with van der Waals surface area (Å²) in [5.74, 6) is 0.822. The summed E-state index contributed by atoms with van der Waals surface area (Å²) in [4.78, 5) is 7.74. The Bertz CT molecular complexity index is 390. The zero-order chi connectivity index (χ0) is 14.5. The number of rotatable bonds is 2. The summed E-state index contributed by atoms with van der Waals surface area (Å²) in [5, 5.41) is 8.70. The Morgan fingerprint density at radius 2 is 1.42 bits per heavy atom. The average Bonchev–Trinajstić information content (AvgIpc) is 2.51. The van der Waals surface area contributed by atoms with Crippen LogP contribution in [0.25, 0.3) is 0 Å². The summed E-state index contributed by atoms with van der Waals surface area (Å²) in [5.41, 5.74) is 2.30. The van der Waals surface area contributed by atoms with Gasteiger partial charge in [-0.3, -0.25) is 0 Å². The largest absolute Gasteiger partial charge is 0.392 e. The number of benzene rings is 1. The molecule has 0 atom stereocenters. The Hall–Kier alpha value is -1.74. The van der Waals surface area contributed by atoms with E-state index in [-0.39, 0.29) is 6.61 Å². The molecule has 1 aromatic carbocycles. The molecule has 0 saturated carbocycles. The summed E-state index contributed by atoms with van der Waals surface area (Å²) in [7, 11) is 0. The Kier molecular flexibility index (Phi) is 10.3. The van der Waals surface area contributed by atoms with Crippen molar-refractivity contribution in [2.75, 3.05) is 0 Å². The van der Waals surface area contributed by atoms with E-state index in [4.69, 9.17) is 5.11 Å². The van der Waals surface area contributed by atoms with Crippen LogP contribution < -0.4 is 0 Å². The standard InChI is InChI=1S/C9H12O.C5H6N2.C2H6/c1-2-8-3-5-9(7-10)6-4-8;1-5-6-3-2-4-7-5;1-2/h3-6,10H,2,7H2,1H3;2-4H,1H3;1-2H3. The lowest BCUT2D eigenvalue weighted by molar-refractivity contribution is 0.282. The lowest BCUT2D eigenvalue weighted by Gasteiger charge is -1.97. The third-order valence-corrected chi connectivity index (χ3v) is 2.31. The molecule has 2 rings (SSSR count). The van der Waals surface area contributed by atoms with Crippen molar-refractivity contribution in [3.63, 3.8) is 0 Å². The van der Waals surface area contributed by atoms with E-state index >= 15 is 0 Å². The average molecular weight is 260 g/mol. The van der Waals surface area contributed by atoms with Gasteiger partial charge >= 0.3 is 0 Å². The molecule has 0 aliphatic carbocycles. The quantitative estimate of drug-likeness (QED) is 0.898. The molecule has 2 aromatic rings. The van der Waals surface area contributed by atoms with Crippen LogP contribution in [0.1, 0.15) is 37.7 Å². The van der Waals surface area contributed by atoms with Gasteiger partial charge in [-0.05, 0) is 30.5 Å². The molecule has 3 nitrogen and oxygen atoms in total. The maximum absolute atomic E-state index is 8.70. The highest BCUT2D eigenvalue weighted by molar-refractivity contribution is 5.21. The smallest absolute Gasteiger partial charge is 0.125 e. The van der Waals surface area contributed by atoms with Crippen LogP contribution in [0.2, 0.25) is 0 Å². The second-order valence-electron chi connectivity index (χ2n) is 3.62. The van der Waals surface area contributed by atoms with Crippen molar-refractivity contribution in [2.24, 2.45) is 0 Å². The molecular weight excluding hydrogens is 236 g/mol. The summed E-state index contributed by atoms with van der Waals surface area (Å²) >= 11 is 0. The molecular formula is C16H24N2O. The first-order valence-electron chi connectivity index (χ1n) is 6.68. The minimum atomic E-state index is 0.143. The second-order valence-corrected chi connectivity index (χ2v) is 3.62. The summed E-state index contributed by atoms with van der Waals surface area (Å²) < 4.78 is 0. The number of aliphatic hydroxyl groups excluding tert-OH is 1. The third-order valence-electron chi connectivity index (χ3n) is 2.31. The van der Waals surface area contributed by atoms with Crippen LogP contribution in [0.3, 0.4) is 0 Å². The van der Waals surface area contributed by atoms with E-state index in [1.54, 1.807) is 18.5 Å². The second kappa shape index (κ2) is 11.4. The molecule has 0 aliphatic rings. The normalized spacial score (nSPS) is 8.68. The molecule has 0 fully saturated rings. The molecule has 3 heteroatoms. The van der Waals surface area contributed by atoms with E-state index in [2.05, 4.69) is 16.9 Å². The van der Waals surface area contributed by atoms with Gasteiger partial charge in [0.05, 0.1) is 6.61 Å². The highest BCUT2D eigenvalue weighted by Gasteiger charge is 1.89.